The predicted molar refractivity (Wildman–Crippen MR) is 155 cm³/mol. The number of nitrogens with one attached hydrogen (secondary N) is 2. The van der Waals surface area contributed by atoms with Crippen molar-refractivity contribution in [2.45, 2.75) is 50.7 Å². The Morgan fingerprint density at radius 2 is 1.54 bits per heavy atom. The first kappa shape index (κ1) is 28.3. The highest BCUT2D eigenvalue weighted by atomic mass is 16.2. The molecule has 0 spiro atoms. The van der Waals surface area contributed by atoms with E-state index in [1.54, 1.807) is 26.0 Å². The molecule has 3 aromatic carbocycles. The maximum atomic E-state index is 14.2. The second kappa shape index (κ2) is 12.9. The van der Waals surface area contributed by atoms with Gasteiger partial charge in [-0.3, -0.25) is 14.4 Å². The van der Waals surface area contributed by atoms with Crippen LogP contribution in [0.1, 0.15) is 30.9 Å². The molecule has 1 fully saturated rings. The van der Waals surface area contributed by atoms with Gasteiger partial charge in [-0.05, 0) is 48.2 Å². The van der Waals surface area contributed by atoms with Crippen LogP contribution in [-0.4, -0.2) is 73.3 Å². The Kier molecular flexibility index (Phi) is 9.36. The minimum Gasteiger partial charge on any atom is -0.357 e. The largest absolute Gasteiger partial charge is 0.357 e. The van der Waals surface area contributed by atoms with Gasteiger partial charge in [0.05, 0.1) is 5.92 Å². The van der Waals surface area contributed by atoms with Crippen LogP contribution < -0.4 is 10.6 Å². The molecule has 0 aliphatic carbocycles. The van der Waals surface area contributed by atoms with E-state index in [0.717, 1.165) is 41.3 Å². The maximum absolute atomic E-state index is 14.2. The third-order valence-corrected chi connectivity index (χ3v) is 8.06. The van der Waals surface area contributed by atoms with Crippen LogP contribution in [0.2, 0.25) is 0 Å². The highest BCUT2D eigenvalue weighted by molar-refractivity contribution is 5.93. The van der Waals surface area contributed by atoms with E-state index in [1.807, 2.05) is 67.6 Å². The van der Waals surface area contributed by atoms with E-state index >= 15 is 0 Å². The number of amides is 3. The van der Waals surface area contributed by atoms with Gasteiger partial charge in [-0.1, -0.05) is 72.8 Å². The average molecular weight is 529 g/mol. The molecule has 3 amide bonds. The Labute approximate surface area is 231 Å². The summed E-state index contributed by atoms with van der Waals surface area (Å²) >= 11 is 0. The van der Waals surface area contributed by atoms with Crippen molar-refractivity contribution >= 4 is 28.5 Å². The zero-order valence-corrected chi connectivity index (χ0v) is 23.4. The van der Waals surface area contributed by atoms with Gasteiger partial charge in [0, 0.05) is 40.0 Å². The molecular weight excluding hydrogens is 488 g/mol. The molecule has 1 saturated heterocycles. The number of benzene rings is 3. The van der Waals surface area contributed by atoms with Gasteiger partial charge in [-0.15, -0.1) is 0 Å². The normalized spacial score (nSPS) is 18.7. The second-order valence-corrected chi connectivity index (χ2v) is 10.6. The van der Waals surface area contributed by atoms with Crippen molar-refractivity contribution in [2.75, 3.05) is 27.7 Å². The molecule has 2 unspecified atom stereocenters. The molecular formula is C32H40N4O3. The average Bonchev–Trinajstić information content (AvgIpc) is 2.97. The van der Waals surface area contributed by atoms with Gasteiger partial charge in [-0.25, -0.2) is 0 Å². The van der Waals surface area contributed by atoms with Gasteiger partial charge in [0.2, 0.25) is 17.7 Å². The number of nitrogens with zero attached hydrogens (tertiary/aromatic N) is 2. The van der Waals surface area contributed by atoms with Crippen molar-refractivity contribution in [3.8, 4) is 0 Å². The molecule has 0 radical (unpaired) electrons. The van der Waals surface area contributed by atoms with Gasteiger partial charge in [0.15, 0.2) is 0 Å². The Balaban J connectivity index is 1.65. The molecule has 39 heavy (non-hydrogen) atoms. The van der Waals surface area contributed by atoms with Gasteiger partial charge in [0.25, 0.3) is 0 Å². The molecule has 7 heteroatoms. The van der Waals surface area contributed by atoms with E-state index in [-0.39, 0.29) is 29.7 Å². The molecule has 4 atom stereocenters. The highest BCUT2D eigenvalue weighted by Gasteiger charge is 2.38. The standard InChI is InChI=1S/C32H40N4O3/c1-22-27(15-10-18-34-22)31(38)36(4)29(21-24-16-17-25-13-8-9-14-26(25)19-24)32(39)35(3)28(30(37)33-2)20-23-11-6-5-7-12-23/h5-9,11-14,16-17,19,22,27-29,34H,10,15,18,20-21H2,1-4H3,(H,33,37)/t22?,27?,28-,29-/m1/s1. The van der Waals surface area contributed by atoms with Crippen LogP contribution >= 0.6 is 0 Å². The zero-order valence-electron chi connectivity index (χ0n) is 23.4. The van der Waals surface area contributed by atoms with Crippen LogP contribution in [0.4, 0.5) is 0 Å². The molecule has 2 N–H and O–H groups in total. The van der Waals surface area contributed by atoms with E-state index in [9.17, 15) is 14.4 Å². The number of hydrogen-bond donors (Lipinski definition) is 2. The maximum Gasteiger partial charge on any atom is 0.246 e. The molecule has 1 heterocycles. The third kappa shape index (κ3) is 6.66. The molecule has 0 saturated carbocycles. The topological polar surface area (TPSA) is 81.8 Å². The second-order valence-electron chi connectivity index (χ2n) is 10.6. The lowest BCUT2D eigenvalue weighted by Crippen LogP contribution is -2.57. The van der Waals surface area contributed by atoms with Gasteiger partial charge in [-0.2, -0.15) is 0 Å². The Hall–Kier alpha value is -3.71. The summed E-state index contributed by atoms with van der Waals surface area (Å²) in [6.07, 6.45) is 2.45. The summed E-state index contributed by atoms with van der Waals surface area (Å²) in [4.78, 5) is 44.1. The van der Waals surface area contributed by atoms with E-state index in [0.29, 0.717) is 12.8 Å². The van der Waals surface area contributed by atoms with Crippen LogP contribution in [0.5, 0.6) is 0 Å². The molecule has 206 valence electrons. The molecule has 3 aromatic rings. The fourth-order valence-corrected chi connectivity index (χ4v) is 5.57. The third-order valence-electron chi connectivity index (χ3n) is 8.06. The van der Waals surface area contributed by atoms with Crippen molar-refractivity contribution in [1.82, 2.24) is 20.4 Å². The van der Waals surface area contributed by atoms with Crippen LogP contribution in [0.15, 0.2) is 72.8 Å². The highest BCUT2D eigenvalue weighted by Crippen LogP contribution is 2.23. The number of hydrogen-bond acceptors (Lipinski definition) is 4. The first-order valence-electron chi connectivity index (χ1n) is 13.8. The van der Waals surface area contributed by atoms with E-state index in [2.05, 4.69) is 22.8 Å². The number of piperidine rings is 1. The van der Waals surface area contributed by atoms with E-state index < -0.39 is 12.1 Å². The fourth-order valence-electron chi connectivity index (χ4n) is 5.57. The Bertz CT molecular complexity index is 1290. The molecule has 1 aliphatic rings. The monoisotopic (exact) mass is 528 g/mol. The van der Waals surface area contributed by atoms with Gasteiger partial charge in [0.1, 0.15) is 12.1 Å². The summed E-state index contributed by atoms with van der Waals surface area (Å²) < 4.78 is 0. The van der Waals surface area contributed by atoms with Crippen molar-refractivity contribution in [2.24, 2.45) is 5.92 Å². The van der Waals surface area contributed by atoms with E-state index in [4.69, 9.17) is 0 Å². The lowest BCUT2D eigenvalue weighted by molar-refractivity contribution is -0.149. The summed E-state index contributed by atoms with van der Waals surface area (Å²) in [6.45, 7) is 2.92. The van der Waals surface area contributed by atoms with Gasteiger partial charge < -0.3 is 20.4 Å². The van der Waals surface area contributed by atoms with E-state index in [1.165, 1.54) is 4.90 Å². The number of likely N-dealkylation sites (N-methyl/N-ethyl adjacent to an activating group) is 3. The van der Waals surface area contributed by atoms with Gasteiger partial charge >= 0.3 is 0 Å². The lowest BCUT2D eigenvalue weighted by Gasteiger charge is -2.38. The SMILES string of the molecule is CNC(=O)[C@@H](Cc1ccccc1)N(C)C(=O)[C@@H](Cc1ccc2ccccc2c1)N(C)C(=O)C1CCCNC1C. The molecule has 0 bridgehead atoms. The molecule has 1 aliphatic heterocycles. The van der Waals surface area contributed by atoms with Crippen molar-refractivity contribution < 1.29 is 14.4 Å². The number of carbonyl (C=O) groups is 3. The fraction of sp³-hybridized carbons (Fsp3) is 0.406. The quantitative estimate of drug-likeness (QED) is 0.446. The van der Waals surface area contributed by atoms with Crippen molar-refractivity contribution in [1.29, 1.82) is 0 Å². The first-order valence-corrected chi connectivity index (χ1v) is 13.8. The van der Waals surface area contributed by atoms with Crippen LogP contribution in [0.3, 0.4) is 0 Å². The Morgan fingerprint density at radius 1 is 0.872 bits per heavy atom. The minimum absolute atomic E-state index is 0.0400. The number of rotatable bonds is 9. The Morgan fingerprint density at radius 3 is 2.23 bits per heavy atom. The predicted octanol–water partition coefficient (Wildman–Crippen LogP) is 3.41. The van der Waals surface area contributed by atoms with Crippen LogP contribution in [0, 0.1) is 5.92 Å². The minimum atomic E-state index is -0.749. The van der Waals surface area contributed by atoms with Crippen molar-refractivity contribution in [3.63, 3.8) is 0 Å². The number of fused-ring (bicyclic) bond motifs is 1. The van der Waals surface area contributed by atoms with Crippen LogP contribution in [-0.2, 0) is 27.2 Å². The van der Waals surface area contributed by atoms with Crippen LogP contribution in [0.25, 0.3) is 10.8 Å². The molecule has 7 nitrogen and oxygen atoms in total. The first-order chi connectivity index (χ1) is 18.8. The number of carbonyl (C=O) groups excluding carboxylic acids is 3. The smallest absolute Gasteiger partial charge is 0.246 e. The lowest BCUT2D eigenvalue weighted by atomic mass is 9.89. The van der Waals surface area contributed by atoms with Crippen molar-refractivity contribution in [3.05, 3.63) is 83.9 Å². The summed E-state index contributed by atoms with van der Waals surface area (Å²) in [5, 5.41) is 8.32. The summed E-state index contributed by atoms with van der Waals surface area (Å²) in [5.41, 5.74) is 1.93. The zero-order chi connectivity index (χ0) is 27.9. The summed E-state index contributed by atoms with van der Waals surface area (Å²) in [6, 6.07) is 22.5. The summed E-state index contributed by atoms with van der Waals surface area (Å²) in [7, 11) is 4.98. The summed E-state index contributed by atoms with van der Waals surface area (Å²) in [5.74, 6) is -0.722. The molecule has 0 aromatic heterocycles. The molecule has 4 rings (SSSR count).